The molecular weight excluding hydrogens is 212 g/mol. The van der Waals surface area contributed by atoms with Crippen molar-refractivity contribution in [3.8, 4) is 17.1 Å². The Labute approximate surface area is 98.4 Å². The zero-order chi connectivity index (χ0) is 11.7. The summed E-state index contributed by atoms with van der Waals surface area (Å²) in [4.78, 5) is 8.40. The van der Waals surface area contributed by atoms with Crippen LogP contribution in [0.2, 0.25) is 0 Å². The molecule has 0 aliphatic carbocycles. The van der Waals surface area contributed by atoms with Crippen LogP contribution in [0.15, 0.2) is 54.6 Å². The lowest BCUT2D eigenvalue weighted by Gasteiger charge is -2.03. The van der Waals surface area contributed by atoms with Gasteiger partial charge in [-0.1, -0.05) is 42.5 Å². The molecular formula is C14H9N2O. The number of fused-ring (bicyclic) bond motifs is 1. The third kappa shape index (κ3) is 1.72. The predicted molar refractivity (Wildman–Crippen MR) is 65.1 cm³/mol. The molecule has 3 rings (SSSR count). The van der Waals surface area contributed by atoms with E-state index in [0.29, 0.717) is 11.2 Å². The lowest BCUT2D eigenvalue weighted by molar-refractivity contribution is 0.339. The van der Waals surface area contributed by atoms with Gasteiger partial charge in [-0.15, -0.1) is 0 Å². The highest BCUT2D eigenvalue weighted by Crippen LogP contribution is 2.27. The SMILES string of the molecule is [O]c1nc2ccccc2nc1-c1ccccc1. The van der Waals surface area contributed by atoms with Crippen molar-refractivity contribution in [2.24, 2.45) is 0 Å². The van der Waals surface area contributed by atoms with E-state index in [1.54, 1.807) is 6.07 Å². The first-order valence-electron chi connectivity index (χ1n) is 5.34. The van der Waals surface area contributed by atoms with Crippen LogP contribution in [0.25, 0.3) is 22.3 Å². The summed E-state index contributed by atoms with van der Waals surface area (Å²) in [5.41, 5.74) is 2.59. The van der Waals surface area contributed by atoms with E-state index in [2.05, 4.69) is 9.97 Å². The Hall–Kier alpha value is -2.42. The number of benzene rings is 2. The van der Waals surface area contributed by atoms with Gasteiger partial charge in [0.1, 0.15) is 5.69 Å². The van der Waals surface area contributed by atoms with E-state index in [1.165, 1.54) is 0 Å². The molecule has 0 amide bonds. The molecule has 17 heavy (non-hydrogen) atoms. The highest BCUT2D eigenvalue weighted by atomic mass is 16.3. The van der Waals surface area contributed by atoms with Gasteiger partial charge in [0.15, 0.2) is 0 Å². The van der Waals surface area contributed by atoms with Crippen molar-refractivity contribution in [3.05, 3.63) is 54.6 Å². The van der Waals surface area contributed by atoms with E-state index < -0.39 is 0 Å². The Balaban J connectivity index is 2.27. The van der Waals surface area contributed by atoms with Gasteiger partial charge in [0.05, 0.1) is 11.0 Å². The molecule has 0 bridgehead atoms. The minimum Gasteiger partial charge on any atom is -0.265 e. The summed E-state index contributed by atoms with van der Waals surface area (Å²) in [5, 5.41) is 11.9. The molecule has 0 atom stereocenters. The van der Waals surface area contributed by atoms with E-state index in [4.69, 9.17) is 0 Å². The summed E-state index contributed by atoms with van der Waals surface area (Å²) in [7, 11) is 0. The Morgan fingerprint density at radius 3 is 2.00 bits per heavy atom. The van der Waals surface area contributed by atoms with Crippen LogP contribution in [0.1, 0.15) is 0 Å². The second kappa shape index (κ2) is 3.87. The van der Waals surface area contributed by atoms with Gasteiger partial charge < -0.3 is 0 Å². The number of aromatic nitrogens is 2. The van der Waals surface area contributed by atoms with Gasteiger partial charge in [0, 0.05) is 5.56 Å². The average molecular weight is 221 g/mol. The fourth-order valence-corrected chi connectivity index (χ4v) is 1.77. The van der Waals surface area contributed by atoms with E-state index in [9.17, 15) is 5.11 Å². The van der Waals surface area contributed by atoms with Gasteiger partial charge in [-0.25, -0.2) is 9.97 Å². The lowest BCUT2D eigenvalue weighted by atomic mass is 10.1. The number of hydrogen-bond donors (Lipinski definition) is 0. The van der Waals surface area contributed by atoms with E-state index >= 15 is 0 Å². The highest BCUT2D eigenvalue weighted by molar-refractivity contribution is 5.79. The maximum Gasteiger partial charge on any atom is 0.296 e. The fraction of sp³-hybridized carbons (Fsp3) is 0. The molecule has 2 aromatic carbocycles. The quantitative estimate of drug-likeness (QED) is 0.631. The summed E-state index contributed by atoms with van der Waals surface area (Å²) in [5.74, 6) is -0.282. The number of para-hydroxylation sites is 2. The first-order valence-corrected chi connectivity index (χ1v) is 5.34. The molecule has 0 saturated heterocycles. The third-order valence-corrected chi connectivity index (χ3v) is 2.59. The standard InChI is InChI=1S/C14H9N2O/c17-14-13(10-6-2-1-3-7-10)15-11-8-4-5-9-12(11)16-14/h1-9H. The Morgan fingerprint density at radius 2 is 1.29 bits per heavy atom. The zero-order valence-electron chi connectivity index (χ0n) is 9.00. The Morgan fingerprint density at radius 1 is 0.706 bits per heavy atom. The minimum absolute atomic E-state index is 0.282. The second-order valence-electron chi connectivity index (χ2n) is 3.73. The van der Waals surface area contributed by atoms with Gasteiger partial charge in [-0.2, -0.15) is 0 Å². The van der Waals surface area contributed by atoms with Crippen LogP contribution in [0, 0.1) is 0 Å². The molecule has 0 aliphatic heterocycles. The van der Waals surface area contributed by atoms with Crippen molar-refractivity contribution in [3.63, 3.8) is 0 Å². The van der Waals surface area contributed by atoms with Gasteiger partial charge in [-0.05, 0) is 12.1 Å². The lowest BCUT2D eigenvalue weighted by Crippen LogP contribution is -1.89. The smallest absolute Gasteiger partial charge is 0.265 e. The average Bonchev–Trinajstić information content (AvgIpc) is 2.39. The highest BCUT2D eigenvalue weighted by Gasteiger charge is 2.10. The molecule has 81 valence electrons. The zero-order valence-corrected chi connectivity index (χ0v) is 9.00. The van der Waals surface area contributed by atoms with Crippen LogP contribution < -0.4 is 0 Å². The Kier molecular flexibility index (Phi) is 2.22. The van der Waals surface area contributed by atoms with Crippen LogP contribution >= 0.6 is 0 Å². The summed E-state index contributed by atoms with van der Waals surface area (Å²) in [6.07, 6.45) is 0. The molecule has 3 heteroatoms. The summed E-state index contributed by atoms with van der Waals surface area (Å²) in [6.45, 7) is 0. The maximum atomic E-state index is 11.9. The van der Waals surface area contributed by atoms with Crippen LogP contribution in [-0.2, 0) is 5.11 Å². The second-order valence-corrected chi connectivity index (χ2v) is 3.73. The van der Waals surface area contributed by atoms with E-state index in [0.717, 1.165) is 11.1 Å². The molecule has 3 nitrogen and oxygen atoms in total. The number of rotatable bonds is 1. The van der Waals surface area contributed by atoms with Crippen molar-refractivity contribution in [1.29, 1.82) is 0 Å². The summed E-state index contributed by atoms with van der Waals surface area (Å²) < 4.78 is 0. The molecule has 1 radical (unpaired) electrons. The molecule has 1 heterocycles. The molecule has 0 aliphatic rings. The topological polar surface area (TPSA) is 45.7 Å². The maximum absolute atomic E-state index is 11.9. The van der Waals surface area contributed by atoms with Crippen LogP contribution in [0.3, 0.4) is 0 Å². The first kappa shape index (κ1) is 9.78. The van der Waals surface area contributed by atoms with Gasteiger partial charge in [0.25, 0.3) is 5.88 Å². The van der Waals surface area contributed by atoms with Crippen molar-refractivity contribution < 1.29 is 5.11 Å². The van der Waals surface area contributed by atoms with Crippen molar-refractivity contribution in [2.45, 2.75) is 0 Å². The molecule has 0 unspecified atom stereocenters. The van der Waals surface area contributed by atoms with Gasteiger partial charge in [-0.3, -0.25) is 5.11 Å². The number of nitrogens with zero attached hydrogens (tertiary/aromatic N) is 2. The molecule has 0 fully saturated rings. The predicted octanol–water partition coefficient (Wildman–Crippen LogP) is 3.44. The van der Waals surface area contributed by atoms with Crippen molar-refractivity contribution >= 4 is 11.0 Å². The summed E-state index contributed by atoms with van der Waals surface area (Å²) in [6, 6.07) is 16.8. The van der Waals surface area contributed by atoms with Crippen molar-refractivity contribution in [2.75, 3.05) is 0 Å². The molecule has 3 aromatic rings. The van der Waals surface area contributed by atoms with Crippen LogP contribution in [0.5, 0.6) is 5.88 Å². The molecule has 0 saturated carbocycles. The van der Waals surface area contributed by atoms with E-state index in [1.807, 2.05) is 48.5 Å². The molecule has 0 spiro atoms. The normalized spacial score (nSPS) is 10.6. The Bertz CT molecular complexity index is 665. The van der Waals surface area contributed by atoms with E-state index in [-0.39, 0.29) is 5.88 Å². The molecule has 0 N–H and O–H groups in total. The van der Waals surface area contributed by atoms with Gasteiger partial charge in [0.2, 0.25) is 0 Å². The van der Waals surface area contributed by atoms with Gasteiger partial charge >= 0.3 is 0 Å². The minimum atomic E-state index is -0.282. The summed E-state index contributed by atoms with van der Waals surface area (Å²) >= 11 is 0. The fourth-order valence-electron chi connectivity index (χ4n) is 1.77. The van der Waals surface area contributed by atoms with Crippen LogP contribution in [-0.4, -0.2) is 9.97 Å². The largest absolute Gasteiger partial charge is 0.296 e. The monoisotopic (exact) mass is 221 g/mol. The third-order valence-electron chi connectivity index (χ3n) is 2.59. The first-order chi connectivity index (χ1) is 8.34. The van der Waals surface area contributed by atoms with Crippen LogP contribution in [0.4, 0.5) is 0 Å². The molecule has 1 aromatic heterocycles. The van der Waals surface area contributed by atoms with Crippen molar-refractivity contribution in [1.82, 2.24) is 9.97 Å². The number of hydrogen-bond acceptors (Lipinski definition) is 2.